The molecule has 0 rings (SSSR count). The quantitative estimate of drug-likeness (QED) is 0.446. The number of rotatable bonds is 9. The fourth-order valence-electron chi connectivity index (χ4n) is 0.853. The summed E-state index contributed by atoms with van der Waals surface area (Å²) in [5.41, 5.74) is 0. The molecular weight excluding hydrogens is 384 g/mol. The van der Waals surface area contributed by atoms with Crippen LogP contribution in [0.1, 0.15) is 0 Å². The number of hydrogen-bond acceptors (Lipinski definition) is 3. The molecule has 0 aromatic carbocycles. The van der Waals surface area contributed by atoms with Gasteiger partial charge in [0.1, 0.15) is 0 Å². The molecule has 0 saturated heterocycles. The molecule has 0 fully saturated rings. The Balaban J connectivity index is 4.81. The van der Waals surface area contributed by atoms with Crippen LogP contribution >= 0.6 is 0 Å². The van der Waals surface area contributed by atoms with Crippen molar-refractivity contribution in [1.82, 2.24) is 0 Å². The van der Waals surface area contributed by atoms with Crippen LogP contribution in [0.4, 0.5) is 52.7 Å². The molecule has 0 amide bonds. The maximum absolute atomic E-state index is 12.8. The van der Waals surface area contributed by atoms with E-state index in [0.717, 1.165) is 0 Å². The van der Waals surface area contributed by atoms with Crippen LogP contribution in [-0.4, -0.2) is 55.9 Å². The molecule has 0 aliphatic carbocycles. The van der Waals surface area contributed by atoms with Crippen molar-refractivity contribution >= 4 is 5.97 Å². The molecule has 0 aromatic rings. The summed E-state index contributed by atoms with van der Waals surface area (Å²) < 4.78 is 153. The number of carbonyl (C=O) groups excluding carboxylic acids is 1. The molecule has 0 unspecified atom stereocenters. The molecule has 0 spiro atoms. The van der Waals surface area contributed by atoms with E-state index in [0.29, 0.717) is 0 Å². The SMILES string of the molecule is O=C(COC(F)(F)C(F)(F)C(F)(F)C(F)F)OCC(F)(F)C(F)F. The van der Waals surface area contributed by atoms with Crippen LogP contribution in [-0.2, 0) is 14.3 Å². The molecule has 15 heteroatoms. The van der Waals surface area contributed by atoms with Gasteiger partial charge in [-0.15, -0.1) is 0 Å². The predicted molar refractivity (Wildman–Crippen MR) is 48.7 cm³/mol. The van der Waals surface area contributed by atoms with Gasteiger partial charge in [-0.3, -0.25) is 0 Å². The molecule has 3 nitrogen and oxygen atoms in total. The summed E-state index contributed by atoms with van der Waals surface area (Å²) in [6.45, 7) is -4.75. The van der Waals surface area contributed by atoms with Crippen molar-refractivity contribution < 1.29 is 67.0 Å². The Morgan fingerprint density at radius 1 is 0.833 bits per heavy atom. The Morgan fingerprint density at radius 3 is 1.67 bits per heavy atom. The van der Waals surface area contributed by atoms with Crippen molar-refractivity contribution in [2.75, 3.05) is 13.2 Å². The molecule has 24 heavy (non-hydrogen) atoms. The monoisotopic (exact) mass is 390 g/mol. The standard InChI is InChI=1S/C9H6F12O3/c10-4(11)6(14,15)2-23-3(22)1-24-9(20,21)8(18,19)7(16,17)5(12)13/h4-5H,1-2H2. The summed E-state index contributed by atoms with van der Waals surface area (Å²) in [4.78, 5) is 10.6. The van der Waals surface area contributed by atoms with E-state index in [1.54, 1.807) is 0 Å². The Labute approximate surface area is 124 Å². The summed E-state index contributed by atoms with van der Waals surface area (Å²) in [6.07, 6.45) is -15.9. The first-order chi connectivity index (χ1) is 10.5. The van der Waals surface area contributed by atoms with Gasteiger partial charge < -0.3 is 9.47 Å². The van der Waals surface area contributed by atoms with Gasteiger partial charge in [0, 0.05) is 0 Å². The smallest absolute Gasteiger partial charge is 0.426 e. The van der Waals surface area contributed by atoms with Gasteiger partial charge in [0.25, 0.3) is 0 Å². The lowest BCUT2D eigenvalue weighted by molar-refractivity contribution is -0.411. The maximum Gasteiger partial charge on any atom is 0.426 e. The van der Waals surface area contributed by atoms with Crippen molar-refractivity contribution in [3.05, 3.63) is 0 Å². The summed E-state index contributed by atoms with van der Waals surface area (Å²) in [7, 11) is 0. The highest BCUT2D eigenvalue weighted by Crippen LogP contribution is 2.48. The van der Waals surface area contributed by atoms with Crippen LogP contribution in [0.3, 0.4) is 0 Å². The third kappa shape index (κ3) is 4.80. The number of ether oxygens (including phenoxy) is 2. The summed E-state index contributed by atoms with van der Waals surface area (Å²) in [5, 5.41) is 0. The average molecular weight is 390 g/mol. The van der Waals surface area contributed by atoms with Crippen molar-refractivity contribution in [2.45, 2.75) is 36.7 Å². The van der Waals surface area contributed by atoms with Crippen LogP contribution in [0.25, 0.3) is 0 Å². The molecule has 0 heterocycles. The second-order valence-electron chi connectivity index (χ2n) is 4.03. The van der Waals surface area contributed by atoms with Crippen molar-refractivity contribution in [2.24, 2.45) is 0 Å². The van der Waals surface area contributed by atoms with E-state index in [2.05, 4.69) is 9.47 Å². The minimum absolute atomic E-state index is 2.34. The first-order valence-corrected chi connectivity index (χ1v) is 5.36. The van der Waals surface area contributed by atoms with Crippen LogP contribution < -0.4 is 0 Å². The zero-order valence-corrected chi connectivity index (χ0v) is 10.8. The fourth-order valence-corrected chi connectivity index (χ4v) is 0.853. The first kappa shape index (κ1) is 22.6. The first-order valence-electron chi connectivity index (χ1n) is 5.36. The zero-order chi connectivity index (χ0) is 19.6. The summed E-state index contributed by atoms with van der Waals surface area (Å²) in [6, 6.07) is 0. The predicted octanol–water partition coefficient (Wildman–Crippen LogP) is 3.58. The third-order valence-electron chi connectivity index (χ3n) is 2.17. The molecular formula is C9H6F12O3. The van der Waals surface area contributed by atoms with E-state index in [9.17, 15) is 57.5 Å². The average Bonchev–Trinajstić information content (AvgIpc) is 2.42. The van der Waals surface area contributed by atoms with Crippen molar-refractivity contribution in [1.29, 1.82) is 0 Å². The van der Waals surface area contributed by atoms with Gasteiger partial charge in [-0.25, -0.2) is 22.4 Å². The van der Waals surface area contributed by atoms with E-state index in [1.165, 1.54) is 0 Å². The van der Waals surface area contributed by atoms with Crippen LogP contribution in [0.5, 0.6) is 0 Å². The zero-order valence-electron chi connectivity index (χ0n) is 10.8. The largest absolute Gasteiger partial charge is 0.457 e. The molecule has 0 atom stereocenters. The Bertz CT molecular complexity index is 435. The molecule has 0 saturated carbocycles. The van der Waals surface area contributed by atoms with E-state index >= 15 is 0 Å². The van der Waals surface area contributed by atoms with E-state index in [4.69, 9.17) is 0 Å². The normalized spacial score (nSPS) is 14.4. The Hall–Kier alpha value is -1.41. The highest BCUT2D eigenvalue weighted by atomic mass is 19.4. The molecule has 144 valence electrons. The molecule has 0 aliphatic heterocycles. The van der Waals surface area contributed by atoms with Crippen LogP contribution in [0.2, 0.25) is 0 Å². The van der Waals surface area contributed by atoms with Gasteiger partial charge in [-0.1, -0.05) is 0 Å². The lowest BCUT2D eigenvalue weighted by atomic mass is 10.1. The third-order valence-corrected chi connectivity index (χ3v) is 2.17. The number of esters is 1. The Morgan fingerprint density at radius 2 is 1.29 bits per heavy atom. The van der Waals surface area contributed by atoms with E-state index < -0.39 is 55.9 Å². The second kappa shape index (κ2) is 7.23. The van der Waals surface area contributed by atoms with Crippen LogP contribution in [0.15, 0.2) is 0 Å². The highest BCUT2D eigenvalue weighted by Gasteiger charge is 2.76. The molecule has 0 aliphatic rings. The van der Waals surface area contributed by atoms with Crippen LogP contribution in [0, 0.1) is 0 Å². The molecule has 0 aromatic heterocycles. The Kier molecular flexibility index (Phi) is 6.80. The lowest BCUT2D eigenvalue weighted by Crippen LogP contribution is -2.58. The van der Waals surface area contributed by atoms with E-state index in [1.807, 2.05) is 0 Å². The number of halogens is 12. The van der Waals surface area contributed by atoms with Crippen molar-refractivity contribution in [3.8, 4) is 0 Å². The second-order valence-corrected chi connectivity index (χ2v) is 4.03. The topological polar surface area (TPSA) is 35.5 Å². The van der Waals surface area contributed by atoms with Gasteiger partial charge in [0.2, 0.25) is 0 Å². The highest BCUT2D eigenvalue weighted by molar-refractivity contribution is 5.70. The van der Waals surface area contributed by atoms with Gasteiger partial charge in [-0.2, -0.15) is 35.1 Å². The number of hydrogen-bond donors (Lipinski definition) is 0. The lowest BCUT2D eigenvalue weighted by Gasteiger charge is -2.31. The molecule has 0 bridgehead atoms. The molecule has 0 N–H and O–H groups in total. The van der Waals surface area contributed by atoms with Crippen molar-refractivity contribution in [3.63, 3.8) is 0 Å². The van der Waals surface area contributed by atoms with Gasteiger partial charge in [0.05, 0.1) is 0 Å². The minimum Gasteiger partial charge on any atom is -0.457 e. The fraction of sp³-hybridized carbons (Fsp3) is 0.889. The summed E-state index contributed by atoms with van der Waals surface area (Å²) in [5.74, 6) is -20.6. The van der Waals surface area contributed by atoms with Gasteiger partial charge in [0.15, 0.2) is 13.2 Å². The summed E-state index contributed by atoms with van der Waals surface area (Å²) >= 11 is 0. The molecule has 0 radical (unpaired) electrons. The number of alkyl halides is 12. The minimum atomic E-state index is -6.79. The maximum atomic E-state index is 12.8. The van der Waals surface area contributed by atoms with Gasteiger partial charge in [-0.05, 0) is 0 Å². The number of carbonyl (C=O) groups is 1. The van der Waals surface area contributed by atoms with Gasteiger partial charge >= 0.3 is 42.7 Å². The van der Waals surface area contributed by atoms with E-state index in [-0.39, 0.29) is 0 Å².